The first kappa shape index (κ1) is 29.8. The van der Waals surface area contributed by atoms with Crippen LogP contribution < -0.4 is 4.31 Å². The topological polar surface area (TPSA) is 129 Å². The molecule has 2 aromatic carbocycles. The minimum atomic E-state index is -3.81. The summed E-state index contributed by atoms with van der Waals surface area (Å²) < 4.78 is 78.5. The second-order valence-corrected chi connectivity index (χ2v) is 15.9. The van der Waals surface area contributed by atoms with Crippen molar-refractivity contribution in [2.75, 3.05) is 36.1 Å². The van der Waals surface area contributed by atoms with Crippen molar-refractivity contribution in [1.29, 1.82) is 0 Å². The molecule has 0 N–H and O–H groups in total. The summed E-state index contributed by atoms with van der Waals surface area (Å²) in [6.45, 7) is 3.18. The number of nitrogens with zero attached hydrogens (tertiary/aromatic N) is 6. The van der Waals surface area contributed by atoms with E-state index in [4.69, 9.17) is 9.72 Å². The molecule has 0 aliphatic carbocycles. The number of hydrogen-bond acceptors (Lipinski definition) is 8. The van der Waals surface area contributed by atoms with Gasteiger partial charge in [0, 0.05) is 44.8 Å². The van der Waals surface area contributed by atoms with Gasteiger partial charge in [0.1, 0.15) is 5.82 Å². The monoisotopic (exact) mass is 652 g/mol. The summed E-state index contributed by atoms with van der Waals surface area (Å²) in [5.41, 5.74) is 4.82. The average Bonchev–Trinajstić information content (AvgIpc) is 3.65. The first-order chi connectivity index (χ1) is 21.5. The molecule has 5 aromatic rings. The number of ether oxygens (including phenoxy) is 1. The third-order valence-corrected chi connectivity index (χ3v) is 11.9. The third-order valence-electron chi connectivity index (χ3n) is 8.96. The van der Waals surface area contributed by atoms with Crippen LogP contribution in [0.2, 0.25) is 0 Å². The zero-order valence-electron chi connectivity index (χ0n) is 25.1. The molecule has 2 aliphatic rings. The Morgan fingerprint density at radius 3 is 2.44 bits per heavy atom. The molecular formula is C31H33FN6O5S2. The highest BCUT2D eigenvalue weighted by Gasteiger charge is 2.36. The highest BCUT2D eigenvalue weighted by molar-refractivity contribution is 7.93. The number of rotatable bonds is 6. The molecule has 3 aromatic heterocycles. The molecule has 0 saturated carbocycles. The van der Waals surface area contributed by atoms with Gasteiger partial charge in [-0.2, -0.15) is 0 Å². The van der Waals surface area contributed by atoms with Gasteiger partial charge in [-0.25, -0.2) is 25.9 Å². The van der Waals surface area contributed by atoms with Gasteiger partial charge < -0.3 is 9.30 Å². The molecule has 14 heteroatoms. The van der Waals surface area contributed by atoms with Crippen molar-refractivity contribution in [3.8, 4) is 11.3 Å². The highest BCUT2D eigenvalue weighted by atomic mass is 32.2. The lowest BCUT2D eigenvalue weighted by atomic mass is 9.86. The van der Waals surface area contributed by atoms with Crippen molar-refractivity contribution in [2.24, 2.45) is 13.0 Å². The summed E-state index contributed by atoms with van der Waals surface area (Å²) in [7, 11) is -5.65. The summed E-state index contributed by atoms with van der Waals surface area (Å²) in [6, 6.07) is 10.9. The Balaban J connectivity index is 1.66. The molecule has 45 heavy (non-hydrogen) atoms. The Morgan fingerprint density at radius 1 is 1.09 bits per heavy atom. The molecule has 2 aliphatic heterocycles. The summed E-state index contributed by atoms with van der Waals surface area (Å²) in [4.78, 5) is 4.98. The molecule has 1 atom stereocenters. The number of aromatic nitrogens is 5. The number of hydrogen-bond donors (Lipinski definition) is 0. The fourth-order valence-electron chi connectivity index (χ4n) is 7.00. The largest absolute Gasteiger partial charge is 0.381 e. The van der Waals surface area contributed by atoms with E-state index >= 15 is 0 Å². The molecule has 0 amide bonds. The van der Waals surface area contributed by atoms with Gasteiger partial charge in [-0.1, -0.05) is 17.3 Å². The Bertz CT molecular complexity index is 2150. The van der Waals surface area contributed by atoms with Crippen LogP contribution in [0.5, 0.6) is 0 Å². The van der Waals surface area contributed by atoms with Crippen LogP contribution in [0, 0.1) is 18.7 Å². The molecule has 0 radical (unpaired) electrons. The second kappa shape index (κ2) is 10.9. The number of benzene rings is 2. The van der Waals surface area contributed by atoms with Gasteiger partial charge in [0.25, 0.3) is 0 Å². The van der Waals surface area contributed by atoms with E-state index in [2.05, 4.69) is 10.3 Å². The number of anilines is 1. The van der Waals surface area contributed by atoms with E-state index in [-0.39, 0.29) is 28.9 Å². The van der Waals surface area contributed by atoms with Crippen molar-refractivity contribution in [3.05, 3.63) is 65.7 Å². The van der Waals surface area contributed by atoms with Gasteiger partial charge in [0.2, 0.25) is 10.0 Å². The quantitative estimate of drug-likeness (QED) is 0.264. The standard InChI is InChI=1S/C31H33FN6O5S2/c1-19-29(36(2)35-34-19)22-17-25-28(33-18-22)27-24(37-13-4-16-45(37,41)42)9-10-26(44(3,39)40)31(27)38(25)30(21-11-14-43-15-12-21)20-5-7-23(32)8-6-20/h5-10,17-18,21,30H,4,11-16H2,1-3H3/t30-/m1/s1. The zero-order valence-corrected chi connectivity index (χ0v) is 26.8. The van der Waals surface area contributed by atoms with Gasteiger partial charge in [0.05, 0.1) is 55.7 Å². The van der Waals surface area contributed by atoms with Gasteiger partial charge in [0.15, 0.2) is 9.84 Å². The summed E-state index contributed by atoms with van der Waals surface area (Å²) in [5, 5.41) is 8.82. The van der Waals surface area contributed by atoms with Crippen molar-refractivity contribution in [1.82, 2.24) is 24.5 Å². The number of pyridine rings is 1. The SMILES string of the molecule is Cc1nnn(C)c1-c1cnc2c3c(N4CCCS4(=O)=O)ccc(S(C)(=O)=O)c3n([C@H](c3ccc(F)cc3)C3CCOCC3)c2c1. The molecular weight excluding hydrogens is 620 g/mol. The molecule has 7 rings (SSSR count). The molecule has 11 nitrogen and oxygen atoms in total. The normalized spacial score (nSPS) is 18.3. The second-order valence-electron chi connectivity index (χ2n) is 11.9. The summed E-state index contributed by atoms with van der Waals surface area (Å²) >= 11 is 0. The van der Waals surface area contributed by atoms with E-state index in [1.807, 2.05) is 17.6 Å². The van der Waals surface area contributed by atoms with Crippen molar-refractivity contribution in [2.45, 2.75) is 37.1 Å². The summed E-state index contributed by atoms with van der Waals surface area (Å²) in [5.74, 6) is -0.377. The van der Waals surface area contributed by atoms with Crippen LogP contribution in [-0.2, 0) is 31.6 Å². The third kappa shape index (κ3) is 4.99. The smallest absolute Gasteiger partial charge is 0.235 e. The average molecular weight is 653 g/mol. The first-order valence-corrected chi connectivity index (χ1v) is 18.3. The number of sulfone groups is 1. The molecule has 0 bridgehead atoms. The number of fused-ring (bicyclic) bond motifs is 3. The van der Waals surface area contributed by atoms with Crippen LogP contribution in [0.4, 0.5) is 10.1 Å². The lowest BCUT2D eigenvalue weighted by molar-refractivity contribution is 0.0552. The molecule has 5 heterocycles. The lowest BCUT2D eigenvalue weighted by Gasteiger charge is -2.33. The molecule has 2 fully saturated rings. The fourth-order valence-corrected chi connectivity index (χ4v) is 9.44. The van der Waals surface area contributed by atoms with E-state index in [0.717, 1.165) is 23.1 Å². The number of halogens is 1. The van der Waals surface area contributed by atoms with E-state index in [1.54, 1.807) is 36.1 Å². The van der Waals surface area contributed by atoms with Crippen LogP contribution in [0.15, 0.2) is 53.6 Å². The van der Waals surface area contributed by atoms with Gasteiger partial charge >= 0.3 is 0 Å². The summed E-state index contributed by atoms with van der Waals surface area (Å²) in [6.07, 6.45) is 4.68. The van der Waals surface area contributed by atoms with Gasteiger partial charge in [-0.15, -0.1) is 5.10 Å². The molecule has 0 spiro atoms. The number of sulfonamides is 1. The van der Waals surface area contributed by atoms with Crippen molar-refractivity contribution >= 4 is 47.5 Å². The Labute approximate surface area is 260 Å². The Kier molecular flexibility index (Phi) is 7.21. The van der Waals surface area contributed by atoms with E-state index < -0.39 is 25.9 Å². The zero-order chi connectivity index (χ0) is 31.7. The Hall–Kier alpha value is -3.88. The van der Waals surface area contributed by atoms with Crippen LogP contribution in [-0.4, -0.2) is 73.1 Å². The molecule has 2 saturated heterocycles. The Morgan fingerprint density at radius 2 is 1.82 bits per heavy atom. The van der Waals surface area contributed by atoms with Crippen molar-refractivity contribution in [3.63, 3.8) is 0 Å². The molecule has 0 unspecified atom stereocenters. The van der Waals surface area contributed by atoms with Gasteiger partial charge in [-0.05, 0) is 68.0 Å². The van der Waals surface area contributed by atoms with Crippen molar-refractivity contribution < 1.29 is 26.0 Å². The van der Waals surface area contributed by atoms with E-state index in [9.17, 15) is 21.2 Å². The van der Waals surface area contributed by atoms with E-state index in [1.165, 1.54) is 22.5 Å². The predicted molar refractivity (Wildman–Crippen MR) is 169 cm³/mol. The maximum atomic E-state index is 14.3. The fraction of sp³-hybridized carbons (Fsp3) is 0.387. The number of aryl methyl sites for hydroxylation is 2. The van der Waals surface area contributed by atoms with Crippen LogP contribution in [0.1, 0.15) is 36.6 Å². The lowest BCUT2D eigenvalue weighted by Crippen LogP contribution is -2.27. The maximum Gasteiger partial charge on any atom is 0.235 e. The highest BCUT2D eigenvalue weighted by Crippen LogP contribution is 2.46. The maximum absolute atomic E-state index is 14.3. The minimum absolute atomic E-state index is 0.00152. The molecule has 236 valence electrons. The van der Waals surface area contributed by atoms with Crippen LogP contribution >= 0.6 is 0 Å². The van der Waals surface area contributed by atoms with Crippen LogP contribution in [0.25, 0.3) is 33.2 Å². The first-order valence-electron chi connectivity index (χ1n) is 14.8. The van der Waals surface area contributed by atoms with Gasteiger partial charge in [-0.3, -0.25) is 9.29 Å². The van der Waals surface area contributed by atoms with Crippen LogP contribution in [0.3, 0.4) is 0 Å². The van der Waals surface area contributed by atoms with E-state index in [0.29, 0.717) is 65.8 Å². The minimum Gasteiger partial charge on any atom is -0.381 e. The predicted octanol–water partition coefficient (Wildman–Crippen LogP) is 4.39.